The maximum absolute atomic E-state index is 9.54. The van der Waals surface area contributed by atoms with Crippen LogP contribution in [0.2, 0.25) is 0 Å². The molecule has 1 N–H and O–H groups in total. The summed E-state index contributed by atoms with van der Waals surface area (Å²) in [5.74, 6) is 0. The number of aliphatic hydroxyl groups is 1. The van der Waals surface area contributed by atoms with Gasteiger partial charge in [-0.25, -0.2) is 0 Å². The van der Waals surface area contributed by atoms with Gasteiger partial charge in [-0.2, -0.15) is 0 Å². The van der Waals surface area contributed by atoms with Crippen LogP contribution in [0, 0.1) is 0 Å². The van der Waals surface area contributed by atoms with Crippen molar-refractivity contribution in [3.05, 3.63) is 44.7 Å². The van der Waals surface area contributed by atoms with Gasteiger partial charge in [0.05, 0.1) is 12.6 Å². The second kappa shape index (κ2) is 4.87. The summed E-state index contributed by atoms with van der Waals surface area (Å²) in [5.41, 5.74) is 8.80. The maximum Gasteiger partial charge on any atom is 0.0857 e. The molecule has 1 aromatic carbocycles. The fraction of sp³-hybridized carbons (Fsp3) is 0.250. The molecule has 1 aromatic rings. The minimum atomic E-state index is -0.744. The molecule has 0 bridgehead atoms. The molecule has 1 rings (SSSR count). The zero-order valence-electron chi connectivity index (χ0n) is 6.76. The van der Waals surface area contributed by atoms with Crippen LogP contribution < -0.4 is 0 Å². The highest BCUT2D eigenvalue weighted by atomic mass is 79.9. The molecule has 0 aliphatic carbocycles. The van der Waals surface area contributed by atoms with E-state index in [0.717, 1.165) is 10.0 Å². The molecule has 0 saturated heterocycles. The van der Waals surface area contributed by atoms with Crippen LogP contribution in [-0.4, -0.2) is 11.7 Å². The Morgan fingerprint density at radius 3 is 2.85 bits per heavy atom. The molecule has 0 aliphatic rings. The Morgan fingerprint density at radius 2 is 2.23 bits per heavy atom. The zero-order chi connectivity index (χ0) is 9.68. The largest absolute Gasteiger partial charge is 0.388 e. The van der Waals surface area contributed by atoms with E-state index >= 15 is 0 Å². The molecule has 0 heterocycles. The van der Waals surface area contributed by atoms with Gasteiger partial charge >= 0.3 is 0 Å². The minimum Gasteiger partial charge on any atom is -0.388 e. The summed E-state index contributed by atoms with van der Waals surface area (Å²) in [7, 11) is 0. The van der Waals surface area contributed by atoms with Gasteiger partial charge in [0.1, 0.15) is 0 Å². The number of azide groups is 1. The van der Waals surface area contributed by atoms with Crippen molar-refractivity contribution in [3.63, 3.8) is 0 Å². The molecule has 13 heavy (non-hydrogen) atoms. The first-order valence-electron chi connectivity index (χ1n) is 3.69. The molecule has 0 radical (unpaired) electrons. The third-order valence-electron chi connectivity index (χ3n) is 1.58. The second-order valence-electron chi connectivity index (χ2n) is 2.45. The van der Waals surface area contributed by atoms with Crippen LogP contribution in [0.3, 0.4) is 0 Å². The van der Waals surface area contributed by atoms with Gasteiger partial charge in [0.25, 0.3) is 0 Å². The summed E-state index contributed by atoms with van der Waals surface area (Å²) in [4.78, 5) is 2.58. The van der Waals surface area contributed by atoms with Crippen molar-refractivity contribution in [2.75, 3.05) is 6.54 Å². The predicted octanol–water partition coefficient (Wildman–Crippen LogP) is 2.79. The highest BCUT2D eigenvalue weighted by Crippen LogP contribution is 2.22. The van der Waals surface area contributed by atoms with Crippen molar-refractivity contribution < 1.29 is 5.11 Å². The molecule has 0 aliphatic heterocycles. The first-order chi connectivity index (χ1) is 6.25. The van der Waals surface area contributed by atoms with Crippen molar-refractivity contribution in [3.8, 4) is 0 Å². The van der Waals surface area contributed by atoms with Crippen molar-refractivity contribution in [2.45, 2.75) is 6.10 Å². The summed E-state index contributed by atoms with van der Waals surface area (Å²) in [6, 6.07) is 7.28. The molecule has 1 unspecified atom stereocenters. The van der Waals surface area contributed by atoms with Crippen LogP contribution in [0.4, 0.5) is 0 Å². The van der Waals surface area contributed by atoms with E-state index in [1.807, 2.05) is 18.2 Å². The number of aliphatic hydroxyl groups excluding tert-OH is 1. The molecule has 4 nitrogen and oxygen atoms in total. The Labute approximate surface area is 84.0 Å². The van der Waals surface area contributed by atoms with Gasteiger partial charge in [-0.1, -0.05) is 39.2 Å². The Bertz CT molecular complexity index is 336. The summed E-state index contributed by atoms with van der Waals surface area (Å²) >= 11 is 3.29. The van der Waals surface area contributed by atoms with Gasteiger partial charge in [-0.05, 0) is 17.2 Å². The topological polar surface area (TPSA) is 69.0 Å². The van der Waals surface area contributed by atoms with E-state index in [0.29, 0.717) is 0 Å². The zero-order valence-corrected chi connectivity index (χ0v) is 8.35. The lowest BCUT2D eigenvalue weighted by Crippen LogP contribution is -2.01. The fourth-order valence-electron chi connectivity index (χ4n) is 0.958. The molecule has 0 spiro atoms. The third-order valence-corrected chi connectivity index (χ3v) is 2.30. The molecular weight excluding hydrogens is 234 g/mol. The molecule has 5 heteroatoms. The lowest BCUT2D eigenvalue weighted by Gasteiger charge is -2.08. The van der Waals surface area contributed by atoms with E-state index in [9.17, 15) is 5.11 Å². The van der Waals surface area contributed by atoms with Crippen LogP contribution in [0.1, 0.15) is 11.7 Å². The quantitative estimate of drug-likeness (QED) is 0.494. The van der Waals surface area contributed by atoms with E-state index in [1.54, 1.807) is 6.07 Å². The smallest absolute Gasteiger partial charge is 0.0857 e. The number of hydrogen-bond acceptors (Lipinski definition) is 2. The first-order valence-corrected chi connectivity index (χ1v) is 4.48. The molecule has 1 atom stereocenters. The van der Waals surface area contributed by atoms with E-state index in [1.165, 1.54) is 0 Å². The number of hydrogen-bond donors (Lipinski definition) is 1. The lowest BCUT2D eigenvalue weighted by atomic mass is 10.1. The fourth-order valence-corrected chi connectivity index (χ4v) is 1.51. The maximum atomic E-state index is 9.54. The van der Waals surface area contributed by atoms with Crippen LogP contribution in [0.15, 0.2) is 33.9 Å². The van der Waals surface area contributed by atoms with Crippen molar-refractivity contribution >= 4 is 15.9 Å². The average Bonchev–Trinajstić information content (AvgIpc) is 2.15. The SMILES string of the molecule is [N-]=[N+]=NCC(O)c1ccccc1Br. The van der Waals surface area contributed by atoms with Gasteiger partial charge in [-0.15, -0.1) is 0 Å². The standard InChI is InChI=1S/C8H8BrN3O/c9-7-4-2-1-3-6(7)8(13)5-11-12-10/h1-4,8,13H,5H2. The summed E-state index contributed by atoms with van der Waals surface area (Å²) < 4.78 is 0.815. The van der Waals surface area contributed by atoms with Crippen molar-refractivity contribution in [2.24, 2.45) is 5.11 Å². The van der Waals surface area contributed by atoms with Crippen LogP contribution in [0.5, 0.6) is 0 Å². The Morgan fingerprint density at radius 1 is 1.54 bits per heavy atom. The van der Waals surface area contributed by atoms with Crippen LogP contribution in [0.25, 0.3) is 10.4 Å². The van der Waals surface area contributed by atoms with Gasteiger partial charge in [-0.3, -0.25) is 0 Å². The molecule has 0 saturated carbocycles. The van der Waals surface area contributed by atoms with Gasteiger partial charge in [0, 0.05) is 9.38 Å². The van der Waals surface area contributed by atoms with E-state index < -0.39 is 6.10 Å². The molecule has 0 fully saturated rings. The Balaban J connectivity index is 2.81. The van der Waals surface area contributed by atoms with Gasteiger partial charge < -0.3 is 5.11 Å². The van der Waals surface area contributed by atoms with E-state index in [-0.39, 0.29) is 6.54 Å². The highest BCUT2D eigenvalue weighted by molar-refractivity contribution is 9.10. The van der Waals surface area contributed by atoms with Gasteiger partial charge in [0.15, 0.2) is 0 Å². The normalized spacial score (nSPS) is 11.8. The van der Waals surface area contributed by atoms with E-state index in [4.69, 9.17) is 5.53 Å². The van der Waals surface area contributed by atoms with Gasteiger partial charge in [0.2, 0.25) is 0 Å². The Hall–Kier alpha value is -1.03. The van der Waals surface area contributed by atoms with Crippen LogP contribution in [-0.2, 0) is 0 Å². The number of benzene rings is 1. The lowest BCUT2D eigenvalue weighted by molar-refractivity contribution is 0.186. The highest BCUT2D eigenvalue weighted by Gasteiger charge is 2.08. The molecule has 0 aromatic heterocycles. The predicted molar refractivity (Wildman–Crippen MR) is 53.1 cm³/mol. The monoisotopic (exact) mass is 241 g/mol. The summed E-state index contributed by atoms with van der Waals surface area (Å²) in [6.07, 6.45) is -0.744. The van der Waals surface area contributed by atoms with E-state index in [2.05, 4.69) is 26.0 Å². The Kier molecular flexibility index (Phi) is 3.76. The van der Waals surface area contributed by atoms with Crippen molar-refractivity contribution in [1.82, 2.24) is 0 Å². The average molecular weight is 242 g/mol. The number of nitrogens with zero attached hydrogens (tertiary/aromatic N) is 3. The minimum absolute atomic E-state index is 0.0547. The number of halogens is 1. The summed E-state index contributed by atoms with van der Waals surface area (Å²) in [5, 5.41) is 12.8. The second-order valence-corrected chi connectivity index (χ2v) is 3.31. The number of rotatable bonds is 3. The molecular formula is C8H8BrN3O. The first kappa shape index (κ1) is 10.1. The summed E-state index contributed by atoms with van der Waals surface area (Å²) in [6.45, 7) is 0.0547. The van der Waals surface area contributed by atoms with Crippen LogP contribution >= 0.6 is 15.9 Å². The molecule has 0 amide bonds. The molecule has 68 valence electrons. The third kappa shape index (κ3) is 2.73. The van der Waals surface area contributed by atoms with Crippen molar-refractivity contribution in [1.29, 1.82) is 0 Å².